The highest BCUT2D eigenvalue weighted by atomic mass is 79.9. The molecule has 270 valence electrons. The van der Waals surface area contributed by atoms with Crippen LogP contribution in [0.5, 0.6) is 0 Å². The number of carbonyl (C=O) groups is 4. The van der Waals surface area contributed by atoms with Gasteiger partial charge < -0.3 is 29.7 Å². The Hall–Kier alpha value is -3.02. The maximum Gasteiger partial charge on any atom is 0.313 e. The number of hydrogen-bond acceptors (Lipinski definition) is 7. The summed E-state index contributed by atoms with van der Waals surface area (Å²) < 4.78 is 13.0. The van der Waals surface area contributed by atoms with Gasteiger partial charge >= 0.3 is 5.97 Å². The van der Waals surface area contributed by atoms with Crippen molar-refractivity contribution in [3.8, 4) is 0 Å². The molecule has 1 aromatic rings. The predicted molar refractivity (Wildman–Crippen MR) is 191 cm³/mol. The molecule has 2 bridgehead atoms. The second-order valence-electron chi connectivity index (χ2n) is 14.1. The van der Waals surface area contributed by atoms with Crippen molar-refractivity contribution in [1.82, 2.24) is 15.1 Å². The number of allylic oxidation sites excluding steroid dienone is 1. The van der Waals surface area contributed by atoms with E-state index in [1.807, 2.05) is 44.2 Å². The first-order valence-corrected chi connectivity index (χ1v) is 18.7. The van der Waals surface area contributed by atoms with Gasteiger partial charge in [-0.05, 0) is 44.1 Å². The highest BCUT2D eigenvalue weighted by Crippen LogP contribution is 2.61. The van der Waals surface area contributed by atoms with Crippen LogP contribution in [-0.4, -0.2) is 93.0 Å². The van der Waals surface area contributed by atoms with Crippen molar-refractivity contribution < 1.29 is 33.8 Å². The molecule has 4 rings (SSSR count). The first-order valence-electron chi connectivity index (χ1n) is 17.8. The first-order chi connectivity index (χ1) is 23.4. The number of ether oxygens (including phenoxy) is 2. The Morgan fingerprint density at radius 3 is 2.51 bits per heavy atom. The van der Waals surface area contributed by atoms with Crippen molar-refractivity contribution in [2.45, 2.75) is 113 Å². The first kappa shape index (κ1) is 38.8. The van der Waals surface area contributed by atoms with E-state index in [2.05, 4.69) is 41.3 Å². The molecular weight excluding hydrogens is 690 g/mol. The van der Waals surface area contributed by atoms with Gasteiger partial charge in [-0.25, -0.2) is 0 Å². The summed E-state index contributed by atoms with van der Waals surface area (Å²) in [5.41, 5.74) is -0.601. The van der Waals surface area contributed by atoms with Crippen LogP contribution < -0.4 is 5.32 Å². The van der Waals surface area contributed by atoms with Gasteiger partial charge in [0.15, 0.2) is 0 Å². The number of alkyl halides is 1. The van der Waals surface area contributed by atoms with Crippen molar-refractivity contribution in [3.05, 3.63) is 61.2 Å². The van der Waals surface area contributed by atoms with Gasteiger partial charge in [0.25, 0.3) is 0 Å². The number of aliphatic hydroxyl groups is 1. The van der Waals surface area contributed by atoms with Crippen molar-refractivity contribution in [2.75, 3.05) is 19.7 Å². The molecule has 2 N–H and O–H groups in total. The summed E-state index contributed by atoms with van der Waals surface area (Å²) in [6, 6.07) is 6.94. The lowest BCUT2D eigenvalue weighted by Gasteiger charge is -2.40. The molecule has 9 atom stereocenters. The number of likely N-dealkylation sites (tertiary alicyclic amines) is 1. The molecule has 0 aliphatic carbocycles. The molecule has 3 aliphatic rings. The molecule has 11 heteroatoms. The zero-order valence-corrected chi connectivity index (χ0v) is 31.0. The minimum absolute atomic E-state index is 0.129. The lowest BCUT2D eigenvalue weighted by molar-refractivity contribution is -0.162. The van der Waals surface area contributed by atoms with Crippen LogP contribution in [0.15, 0.2) is 55.6 Å². The van der Waals surface area contributed by atoms with E-state index in [1.165, 1.54) is 4.90 Å². The molecule has 3 aliphatic heterocycles. The van der Waals surface area contributed by atoms with Crippen molar-refractivity contribution in [2.24, 2.45) is 17.8 Å². The fraction of sp³-hybridized carbons (Fsp3) is 0.632. The number of hydrogen-bond donors (Lipinski definition) is 2. The number of benzene rings is 1. The number of amides is 3. The lowest BCUT2D eigenvalue weighted by atomic mass is 9.70. The highest BCUT2D eigenvalue weighted by molar-refractivity contribution is 9.09. The average molecular weight is 745 g/mol. The summed E-state index contributed by atoms with van der Waals surface area (Å²) in [5, 5.41) is 13.6. The van der Waals surface area contributed by atoms with Gasteiger partial charge in [0.1, 0.15) is 17.7 Å². The van der Waals surface area contributed by atoms with E-state index in [9.17, 15) is 24.3 Å². The molecule has 3 amide bonds. The van der Waals surface area contributed by atoms with Crippen LogP contribution >= 0.6 is 15.9 Å². The molecule has 1 unspecified atom stereocenters. The molecule has 1 aromatic carbocycles. The Morgan fingerprint density at radius 1 is 1.18 bits per heavy atom. The minimum atomic E-state index is -1.29. The fourth-order valence-electron chi connectivity index (χ4n) is 7.94. The molecule has 1 spiro atoms. The van der Waals surface area contributed by atoms with Gasteiger partial charge in [0, 0.05) is 24.3 Å². The Balaban J connectivity index is 1.73. The molecule has 0 saturated carbocycles. The highest BCUT2D eigenvalue weighted by Gasteiger charge is 2.77. The van der Waals surface area contributed by atoms with Crippen LogP contribution in [0.3, 0.4) is 0 Å². The van der Waals surface area contributed by atoms with E-state index in [0.29, 0.717) is 37.9 Å². The van der Waals surface area contributed by atoms with Crippen LogP contribution in [0, 0.1) is 17.8 Å². The number of nitrogens with zero attached hydrogens (tertiary/aromatic N) is 2. The third-order valence-corrected chi connectivity index (χ3v) is 10.9. The van der Waals surface area contributed by atoms with E-state index in [0.717, 1.165) is 19.3 Å². The molecule has 0 aromatic heterocycles. The topological polar surface area (TPSA) is 125 Å². The monoisotopic (exact) mass is 743 g/mol. The van der Waals surface area contributed by atoms with E-state index in [1.54, 1.807) is 24.0 Å². The van der Waals surface area contributed by atoms with Crippen LogP contribution in [0.4, 0.5) is 0 Å². The third kappa shape index (κ3) is 8.15. The molecule has 10 nitrogen and oxygen atoms in total. The SMILES string of the molecule is C=CCCC(=O)N[C@@H](C)[C@H](OC(=O)[C@@H]1[C@H]2O[C@@]3(CC2Br)[C@H](C(=O)N(CC=C)CCCCC)N([C@@H](CO)CC(C)C)C(=O)[C@@H]13)c1ccccc1. The number of fused-ring (bicyclic) bond motifs is 1. The second kappa shape index (κ2) is 17.3. The Kier molecular flexibility index (Phi) is 13.7. The number of aliphatic hydroxyl groups excluding tert-OH is 1. The van der Waals surface area contributed by atoms with Crippen LogP contribution in [-0.2, 0) is 28.7 Å². The summed E-state index contributed by atoms with van der Waals surface area (Å²) in [4.78, 5) is 59.5. The van der Waals surface area contributed by atoms with Crippen molar-refractivity contribution in [3.63, 3.8) is 0 Å². The maximum absolute atomic E-state index is 14.7. The van der Waals surface area contributed by atoms with Crippen molar-refractivity contribution >= 4 is 39.6 Å². The standard InChI is InChI=1S/C38H54BrN3O7/c1-7-10-15-20-41(19-9-3)36(46)34-38-22-28(39)33(49-38)30(31(38)35(45)42(34)27(23-43)21-24(4)5)37(47)48-32(26-16-13-12-14-17-26)25(6)40-29(44)18-11-8-2/h8-9,12-14,16-17,24-25,27-28,30-34,43H,2-3,7,10-11,15,18-23H2,1,4-6H3,(H,40,44)/t25-,27+,28?,30-,31+,32-,33-,34-,38+/m0/s1. The summed E-state index contributed by atoms with van der Waals surface area (Å²) in [7, 11) is 0. The molecule has 3 fully saturated rings. The van der Waals surface area contributed by atoms with E-state index in [-0.39, 0.29) is 41.5 Å². The van der Waals surface area contributed by atoms with Crippen LogP contribution in [0.2, 0.25) is 0 Å². The molecule has 3 heterocycles. The molecule has 49 heavy (non-hydrogen) atoms. The summed E-state index contributed by atoms with van der Waals surface area (Å²) in [6.07, 6.45) is 6.11. The second-order valence-corrected chi connectivity index (χ2v) is 15.3. The van der Waals surface area contributed by atoms with E-state index < -0.39 is 53.7 Å². The number of halogens is 1. The summed E-state index contributed by atoms with van der Waals surface area (Å²) in [6.45, 7) is 15.9. The minimum Gasteiger partial charge on any atom is -0.455 e. The van der Waals surface area contributed by atoms with Gasteiger partial charge in [0.2, 0.25) is 17.7 Å². The smallest absolute Gasteiger partial charge is 0.313 e. The summed E-state index contributed by atoms with van der Waals surface area (Å²) in [5.74, 6) is -3.32. The largest absolute Gasteiger partial charge is 0.455 e. The van der Waals surface area contributed by atoms with E-state index in [4.69, 9.17) is 9.47 Å². The Bertz CT molecular complexity index is 1340. The zero-order chi connectivity index (χ0) is 35.9. The number of rotatable bonds is 19. The molecular formula is C38H54BrN3O7. The quantitative estimate of drug-likeness (QED) is 0.0875. The lowest BCUT2D eigenvalue weighted by Crippen LogP contribution is -2.59. The number of nitrogens with one attached hydrogen (secondary N) is 1. The van der Waals surface area contributed by atoms with Crippen molar-refractivity contribution in [1.29, 1.82) is 0 Å². The predicted octanol–water partition coefficient (Wildman–Crippen LogP) is 5.10. The van der Waals surface area contributed by atoms with Gasteiger partial charge in [0.05, 0.1) is 36.6 Å². The normalized spacial score (nSPS) is 27.4. The number of esters is 1. The maximum atomic E-state index is 14.7. The zero-order valence-electron chi connectivity index (χ0n) is 29.4. The van der Waals surface area contributed by atoms with Gasteiger partial charge in [-0.3, -0.25) is 19.2 Å². The van der Waals surface area contributed by atoms with E-state index >= 15 is 0 Å². The van der Waals surface area contributed by atoms with Gasteiger partial charge in [-0.1, -0.05) is 92.0 Å². The summed E-state index contributed by atoms with van der Waals surface area (Å²) >= 11 is 3.74. The Labute approximate surface area is 299 Å². The number of carbonyl (C=O) groups excluding carboxylic acids is 4. The Morgan fingerprint density at radius 2 is 1.90 bits per heavy atom. The van der Waals surface area contributed by atoms with Gasteiger partial charge in [-0.15, -0.1) is 13.2 Å². The average Bonchev–Trinajstić information content (AvgIpc) is 3.67. The molecule has 0 radical (unpaired) electrons. The van der Waals surface area contributed by atoms with Gasteiger partial charge in [-0.2, -0.15) is 0 Å². The van der Waals surface area contributed by atoms with Crippen LogP contribution in [0.25, 0.3) is 0 Å². The third-order valence-electron chi connectivity index (χ3n) is 10.1. The fourth-order valence-corrected chi connectivity index (χ4v) is 8.89. The van der Waals surface area contributed by atoms with Crippen LogP contribution in [0.1, 0.15) is 84.3 Å². The molecule has 3 saturated heterocycles. The number of unbranched alkanes of at least 4 members (excludes halogenated alkanes) is 2.